The monoisotopic (exact) mass is 241 g/mol. The fraction of sp³-hybridized carbons (Fsp3) is 0.923. The molecule has 0 aromatic heterocycles. The first-order chi connectivity index (χ1) is 8.02. The second-order valence-corrected chi connectivity index (χ2v) is 5.37. The lowest BCUT2D eigenvalue weighted by Crippen LogP contribution is -2.44. The molecular weight excluding hydrogens is 214 g/mol. The Bertz CT molecular complexity index is 235. The van der Waals surface area contributed by atoms with Crippen molar-refractivity contribution in [1.82, 2.24) is 15.1 Å². The van der Waals surface area contributed by atoms with Crippen LogP contribution in [0.3, 0.4) is 0 Å². The van der Waals surface area contributed by atoms with Crippen LogP contribution in [0, 0.1) is 5.92 Å². The van der Waals surface area contributed by atoms with Crippen LogP contribution in [0.15, 0.2) is 0 Å². The highest BCUT2D eigenvalue weighted by molar-refractivity contribution is 5.78. The third-order valence-corrected chi connectivity index (χ3v) is 3.76. The Morgan fingerprint density at radius 3 is 2.65 bits per heavy atom. The predicted octanol–water partition coefficient (Wildman–Crippen LogP) is 0.785. The number of carbonyl (C=O) groups is 1. The normalized spacial score (nSPS) is 20.1. The van der Waals surface area contributed by atoms with E-state index < -0.39 is 0 Å². The Labute approximate surface area is 105 Å². The van der Waals surface area contributed by atoms with E-state index in [4.69, 9.17) is 0 Å². The molecule has 1 aliphatic heterocycles. The third-order valence-electron chi connectivity index (χ3n) is 3.76. The first-order valence-electron chi connectivity index (χ1n) is 6.71. The van der Waals surface area contributed by atoms with E-state index in [0.29, 0.717) is 18.5 Å². The van der Waals surface area contributed by atoms with Gasteiger partial charge in [-0.3, -0.25) is 9.69 Å². The van der Waals surface area contributed by atoms with Crippen LogP contribution < -0.4 is 5.32 Å². The molecule has 1 rings (SSSR count). The summed E-state index contributed by atoms with van der Waals surface area (Å²) in [6, 6.07) is 0.313. The van der Waals surface area contributed by atoms with Crippen molar-refractivity contribution in [2.45, 2.75) is 33.2 Å². The number of hydrogen-bond donors (Lipinski definition) is 1. The molecule has 1 amide bonds. The molecule has 0 aromatic carbocycles. The molecule has 1 aliphatic rings. The molecule has 0 spiro atoms. The lowest BCUT2D eigenvalue weighted by atomic mass is 10.1. The molecule has 1 unspecified atom stereocenters. The van der Waals surface area contributed by atoms with E-state index in [1.54, 1.807) is 0 Å². The van der Waals surface area contributed by atoms with Gasteiger partial charge in [0.05, 0.1) is 6.54 Å². The second-order valence-electron chi connectivity index (χ2n) is 5.37. The van der Waals surface area contributed by atoms with Gasteiger partial charge in [0.1, 0.15) is 0 Å². The molecule has 0 aromatic rings. The van der Waals surface area contributed by atoms with E-state index in [1.165, 1.54) is 0 Å². The number of carbonyl (C=O) groups excluding carboxylic acids is 1. The lowest BCUT2D eigenvalue weighted by molar-refractivity contribution is -0.133. The average molecular weight is 241 g/mol. The summed E-state index contributed by atoms with van der Waals surface area (Å²) in [5.41, 5.74) is 0. The topological polar surface area (TPSA) is 35.6 Å². The minimum atomic E-state index is 0.244. The number of likely N-dealkylation sites (N-methyl/N-ethyl adjacent to an activating group) is 1. The number of amides is 1. The SMILES string of the molecule is CC(C)C(C)N(C)C(=O)CN1CCCNCC1. The Morgan fingerprint density at radius 1 is 1.29 bits per heavy atom. The molecule has 1 N–H and O–H groups in total. The highest BCUT2D eigenvalue weighted by atomic mass is 16.2. The van der Waals surface area contributed by atoms with Gasteiger partial charge < -0.3 is 10.2 Å². The Morgan fingerprint density at radius 2 is 2.00 bits per heavy atom. The standard InChI is InChI=1S/C13H27N3O/c1-11(2)12(3)15(4)13(17)10-16-8-5-6-14-7-9-16/h11-12,14H,5-10H2,1-4H3. The molecule has 0 bridgehead atoms. The van der Waals surface area contributed by atoms with Gasteiger partial charge in [0.2, 0.25) is 5.91 Å². The van der Waals surface area contributed by atoms with Gasteiger partial charge in [-0.2, -0.15) is 0 Å². The zero-order valence-electron chi connectivity index (χ0n) is 11.7. The fourth-order valence-corrected chi connectivity index (χ4v) is 2.04. The molecule has 4 nitrogen and oxygen atoms in total. The van der Waals surface area contributed by atoms with E-state index in [1.807, 2.05) is 11.9 Å². The largest absolute Gasteiger partial charge is 0.342 e. The molecule has 1 atom stereocenters. The first-order valence-corrected chi connectivity index (χ1v) is 6.71. The quantitative estimate of drug-likeness (QED) is 0.790. The van der Waals surface area contributed by atoms with Crippen molar-refractivity contribution in [3.63, 3.8) is 0 Å². The van der Waals surface area contributed by atoms with Crippen LogP contribution in [0.5, 0.6) is 0 Å². The molecule has 0 aliphatic carbocycles. The highest BCUT2D eigenvalue weighted by Crippen LogP contribution is 2.08. The number of rotatable bonds is 4. The summed E-state index contributed by atoms with van der Waals surface area (Å²) in [7, 11) is 1.92. The van der Waals surface area contributed by atoms with Crippen molar-refractivity contribution in [3.05, 3.63) is 0 Å². The van der Waals surface area contributed by atoms with E-state index in [-0.39, 0.29) is 5.91 Å². The zero-order valence-corrected chi connectivity index (χ0v) is 11.7. The van der Waals surface area contributed by atoms with Crippen LogP contribution in [0.4, 0.5) is 0 Å². The van der Waals surface area contributed by atoms with Crippen molar-refractivity contribution in [3.8, 4) is 0 Å². The molecule has 4 heteroatoms. The highest BCUT2D eigenvalue weighted by Gasteiger charge is 2.20. The molecule has 1 fully saturated rings. The molecule has 1 saturated heterocycles. The van der Waals surface area contributed by atoms with Crippen molar-refractivity contribution < 1.29 is 4.79 Å². The second kappa shape index (κ2) is 6.97. The van der Waals surface area contributed by atoms with Crippen LogP contribution in [0.25, 0.3) is 0 Å². The van der Waals surface area contributed by atoms with Crippen LogP contribution in [-0.4, -0.2) is 61.5 Å². The third kappa shape index (κ3) is 4.64. The molecule has 1 heterocycles. The maximum absolute atomic E-state index is 12.1. The molecule has 100 valence electrons. The summed E-state index contributed by atoms with van der Waals surface area (Å²) in [4.78, 5) is 16.3. The van der Waals surface area contributed by atoms with Gasteiger partial charge in [-0.05, 0) is 32.4 Å². The van der Waals surface area contributed by atoms with Crippen molar-refractivity contribution in [2.24, 2.45) is 5.92 Å². The fourth-order valence-electron chi connectivity index (χ4n) is 2.04. The van der Waals surface area contributed by atoms with E-state index in [2.05, 4.69) is 31.0 Å². The summed E-state index contributed by atoms with van der Waals surface area (Å²) in [5, 5.41) is 3.35. The number of nitrogens with one attached hydrogen (secondary N) is 1. The van der Waals surface area contributed by atoms with Crippen molar-refractivity contribution >= 4 is 5.91 Å². The Balaban J connectivity index is 2.41. The van der Waals surface area contributed by atoms with E-state index in [0.717, 1.165) is 32.6 Å². The Kier molecular flexibility index (Phi) is 5.92. The Hall–Kier alpha value is -0.610. The van der Waals surface area contributed by atoms with Crippen LogP contribution >= 0.6 is 0 Å². The summed E-state index contributed by atoms with van der Waals surface area (Å²) in [5.74, 6) is 0.753. The molecule has 0 saturated carbocycles. The van der Waals surface area contributed by atoms with Gasteiger partial charge >= 0.3 is 0 Å². The van der Waals surface area contributed by atoms with Gasteiger partial charge in [0.25, 0.3) is 0 Å². The van der Waals surface area contributed by atoms with Crippen LogP contribution in [0.2, 0.25) is 0 Å². The summed E-state index contributed by atoms with van der Waals surface area (Å²) < 4.78 is 0. The minimum absolute atomic E-state index is 0.244. The maximum Gasteiger partial charge on any atom is 0.236 e. The van der Waals surface area contributed by atoms with Crippen LogP contribution in [0.1, 0.15) is 27.2 Å². The number of hydrogen-bond acceptors (Lipinski definition) is 3. The van der Waals surface area contributed by atoms with Gasteiger partial charge in [-0.1, -0.05) is 13.8 Å². The van der Waals surface area contributed by atoms with Crippen molar-refractivity contribution in [1.29, 1.82) is 0 Å². The molecule has 0 radical (unpaired) electrons. The van der Waals surface area contributed by atoms with Gasteiger partial charge in [-0.15, -0.1) is 0 Å². The summed E-state index contributed by atoms with van der Waals surface area (Å²) in [6.45, 7) is 11.1. The van der Waals surface area contributed by atoms with Gasteiger partial charge in [0.15, 0.2) is 0 Å². The molecular formula is C13H27N3O. The summed E-state index contributed by atoms with van der Waals surface area (Å²) in [6.07, 6.45) is 1.14. The van der Waals surface area contributed by atoms with Crippen molar-refractivity contribution in [2.75, 3.05) is 39.8 Å². The van der Waals surface area contributed by atoms with Gasteiger partial charge in [-0.25, -0.2) is 0 Å². The lowest BCUT2D eigenvalue weighted by Gasteiger charge is -2.30. The summed E-state index contributed by atoms with van der Waals surface area (Å²) >= 11 is 0. The van der Waals surface area contributed by atoms with Crippen LogP contribution in [-0.2, 0) is 4.79 Å². The predicted molar refractivity (Wildman–Crippen MR) is 71.0 cm³/mol. The maximum atomic E-state index is 12.1. The number of nitrogens with zero attached hydrogens (tertiary/aromatic N) is 2. The zero-order chi connectivity index (χ0) is 12.8. The van der Waals surface area contributed by atoms with E-state index in [9.17, 15) is 4.79 Å². The average Bonchev–Trinajstić information content (AvgIpc) is 2.55. The van der Waals surface area contributed by atoms with Gasteiger partial charge in [0, 0.05) is 26.2 Å². The smallest absolute Gasteiger partial charge is 0.236 e. The first kappa shape index (κ1) is 14.5. The molecule has 17 heavy (non-hydrogen) atoms. The minimum Gasteiger partial charge on any atom is -0.342 e. The van der Waals surface area contributed by atoms with E-state index >= 15 is 0 Å².